The first-order chi connectivity index (χ1) is 18.4. The molecule has 0 unspecified atom stereocenters. The van der Waals surface area contributed by atoms with Gasteiger partial charge in [0.1, 0.15) is 23.4 Å². The average Bonchev–Trinajstić information content (AvgIpc) is 3.45. The minimum Gasteiger partial charge on any atom is -0.507 e. The van der Waals surface area contributed by atoms with Gasteiger partial charge in [0, 0.05) is 11.1 Å². The van der Waals surface area contributed by atoms with Crippen molar-refractivity contribution in [3.8, 4) is 17.2 Å². The lowest BCUT2D eigenvalue weighted by atomic mass is 9.94. The zero-order chi connectivity index (χ0) is 27.0. The van der Waals surface area contributed by atoms with Gasteiger partial charge in [-0.15, -0.1) is 0 Å². The van der Waals surface area contributed by atoms with Crippen LogP contribution in [-0.4, -0.2) is 42.6 Å². The molecule has 1 aromatic heterocycles. The van der Waals surface area contributed by atoms with Crippen molar-refractivity contribution in [2.45, 2.75) is 13.0 Å². The molecule has 1 amide bonds. The Labute approximate surface area is 221 Å². The number of carbonyl (C=O) groups is 2. The van der Waals surface area contributed by atoms with Crippen LogP contribution in [0.4, 0.5) is 9.52 Å². The summed E-state index contributed by atoms with van der Waals surface area (Å²) in [5, 5.41) is 11.5. The van der Waals surface area contributed by atoms with Gasteiger partial charge in [-0.25, -0.2) is 9.37 Å². The van der Waals surface area contributed by atoms with E-state index in [9.17, 15) is 19.1 Å². The molecule has 1 aliphatic rings. The van der Waals surface area contributed by atoms with Crippen LogP contribution in [0.5, 0.6) is 17.2 Å². The summed E-state index contributed by atoms with van der Waals surface area (Å²) in [4.78, 5) is 32.9. The molecular weight excluding hydrogens is 511 g/mol. The van der Waals surface area contributed by atoms with Gasteiger partial charge < -0.3 is 19.3 Å². The molecule has 1 saturated heterocycles. The van der Waals surface area contributed by atoms with Crippen molar-refractivity contribution in [1.82, 2.24) is 4.98 Å². The summed E-state index contributed by atoms with van der Waals surface area (Å²) in [5.74, 6) is -1.41. The summed E-state index contributed by atoms with van der Waals surface area (Å²) in [5.41, 5.74) is 1.03. The highest BCUT2D eigenvalue weighted by Gasteiger charge is 2.49. The van der Waals surface area contributed by atoms with Crippen molar-refractivity contribution in [3.05, 3.63) is 83.2 Å². The fourth-order valence-corrected chi connectivity index (χ4v) is 5.49. The SMILES string of the molecule is CCOc1ccc2nc(N3C(=O)C(=O)C(=C(O)c4ccc(F)cc4)[C@H]3c3cccc(OC)c3OC)sc2c1. The molecule has 2 heterocycles. The number of Topliss-reactive ketones (excluding diaryl/α,β-unsaturated/α-hetero) is 1. The maximum absolute atomic E-state index is 13.6. The van der Waals surface area contributed by atoms with Crippen LogP contribution < -0.4 is 19.1 Å². The third kappa shape index (κ3) is 4.22. The number of thiazole rings is 1. The number of para-hydroxylation sites is 1. The number of ketones is 1. The molecule has 0 radical (unpaired) electrons. The predicted octanol–water partition coefficient (Wildman–Crippen LogP) is 5.48. The van der Waals surface area contributed by atoms with Crippen LogP contribution in [0.3, 0.4) is 0 Å². The number of anilines is 1. The molecule has 194 valence electrons. The Kier molecular flexibility index (Phi) is 6.73. The first kappa shape index (κ1) is 25.2. The number of ether oxygens (including phenoxy) is 3. The van der Waals surface area contributed by atoms with E-state index in [1.807, 2.05) is 13.0 Å². The third-order valence-electron chi connectivity index (χ3n) is 6.16. The molecule has 1 N–H and O–H groups in total. The molecule has 8 nitrogen and oxygen atoms in total. The van der Waals surface area contributed by atoms with E-state index in [0.29, 0.717) is 29.2 Å². The summed E-state index contributed by atoms with van der Waals surface area (Å²) in [7, 11) is 2.92. The third-order valence-corrected chi connectivity index (χ3v) is 7.17. The topological polar surface area (TPSA) is 98.2 Å². The Bertz CT molecular complexity index is 1580. The molecule has 0 spiro atoms. The number of nitrogens with zero attached hydrogens (tertiary/aromatic N) is 2. The van der Waals surface area contributed by atoms with Gasteiger partial charge in [0.25, 0.3) is 5.78 Å². The lowest BCUT2D eigenvalue weighted by Crippen LogP contribution is -2.29. The number of carbonyl (C=O) groups excluding carboxylic acids is 2. The van der Waals surface area contributed by atoms with Crippen LogP contribution in [0.1, 0.15) is 24.1 Å². The second kappa shape index (κ2) is 10.1. The normalized spacial score (nSPS) is 16.7. The number of fused-ring (bicyclic) bond motifs is 1. The average molecular weight is 535 g/mol. The molecule has 5 rings (SSSR count). The molecule has 0 bridgehead atoms. The number of aromatic nitrogens is 1. The first-order valence-corrected chi connectivity index (χ1v) is 12.5. The van der Waals surface area contributed by atoms with E-state index in [-0.39, 0.29) is 22.0 Å². The number of hydrogen-bond donors (Lipinski definition) is 1. The molecule has 1 fully saturated rings. The monoisotopic (exact) mass is 534 g/mol. The summed E-state index contributed by atoms with van der Waals surface area (Å²) >= 11 is 1.21. The van der Waals surface area contributed by atoms with E-state index in [2.05, 4.69) is 4.98 Å². The highest BCUT2D eigenvalue weighted by atomic mass is 32.1. The van der Waals surface area contributed by atoms with E-state index >= 15 is 0 Å². The van der Waals surface area contributed by atoms with Gasteiger partial charge >= 0.3 is 5.91 Å². The molecule has 1 atom stereocenters. The fourth-order valence-electron chi connectivity index (χ4n) is 4.47. The van der Waals surface area contributed by atoms with Crippen LogP contribution in [-0.2, 0) is 9.59 Å². The Morgan fingerprint density at radius 2 is 1.84 bits per heavy atom. The number of halogens is 1. The molecule has 38 heavy (non-hydrogen) atoms. The highest BCUT2D eigenvalue weighted by molar-refractivity contribution is 7.22. The smallest absolute Gasteiger partial charge is 0.301 e. The Morgan fingerprint density at radius 3 is 2.53 bits per heavy atom. The van der Waals surface area contributed by atoms with Crippen molar-refractivity contribution >= 4 is 44.1 Å². The van der Waals surface area contributed by atoms with Crippen LogP contribution in [0.2, 0.25) is 0 Å². The van der Waals surface area contributed by atoms with Gasteiger partial charge in [-0.2, -0.15) is 0 Å². The maximum Gasteiger partial charge on any atom is 0.301 e. The van der Waals surface area contributed by atoms with Gasteiger partial charge in [-0.1, -0.05) is 23.5 Å². The van der Waals surface area contributed by atoms with Crippen molar-refractivity contribution < 1.29 is 33.3 Å². The zero-order valence-electron chi connectivity index (χ0n) is 20.7. The van der Waals surface area contributed by atoms with E-state index in [4.69, 9.17) is 14.2 Å². The van der Waals surface area contributed by atoms with Crippen LogP contribution in [0.15, 0.2) is 66.2 Å². The number of amides is 1. The summed E-state index contributed by atoms with van der Waals surface area (Å²) in [6.45, 7) is 2.37. The predicted molar refractivity (Wildman–Crippen MR) is 142 cm³/mol. The number of rotatable bonds is 7. The van der Waals surface area contributed by atoms with Gasteiger partial charge in [-0.3, -0.25) is 14.5 Å². The lowest BCUT2D eigenvalue weighted by molar-refractivity contribution is -0.132. The fraction of sp³-hybridized carbons (Fsp3) is 0.179. The van der Waals surface area contributed by atoms with Crippen molar-refractivity contribution in [2.75, 3.05) is 25.7 Å². The Balaban J connectivity index is 1.75. The van der Waals surface area contributed by atoms with Crippen LogP contribution >= 0.6 is 11.3 Å². The van der Waals surface area contributed by atoms with E-state index in [0.717, 1.165) is 16.8 Å². The largest absolute Gasteiger partial charge is 0.507 e. The highest BCUT2D eigenvalue weighted by Crippen LogP contribution is 2.48. The zero-order valence-corrected chi connectivity index (χ0v) is 21.5. The first-order valence-electron chi connectivity index (χ1n) is 11.7. The van der Waals surface area contributed by atoms with Crippen molar-refractivity contribution in [1.29, 1.82) is 0 Å². The standard InChI is InChI=1S/C28H23FN2O6S/c1-4-37-17-12-13-19-21(14-17)38-28(30-19)31-23(18-6-5-7-20(35-2)26(18)36-3)22(25(33)27(31)34)24(32)15-8-10-16(29)11-9-15/h5-14,23,32H,4H2,1-3H3/t23-/m1/s1. The second-order valence-corrected chi connectivity index (χ2v) is 9.33. The molecule has 10 heteroatoms. The maximum atomic E-state index is 13.6. The van der Waals surface area contributed by atoms with Crippen molar-refractivity contribution in [3.63, 3.8) is 0 Å². The minimum absolute atomic E-state index is 0.178. The Hall–Kier alpha value is -4.44. The molecule has 3 aromatic carbocycles. The summed E-state index contributed by atoms with van der Waals surface area (Å²) < 4.78 is 31.0. The number of aliphatic hydroxyl groups is 1. The minimum atomic E-state index is -1.10. The van der Waals surface area contributed by atoms with Crippen LogP contribution in [0.25, 0.3) is 16.0 Å². The van der Waals surface area contributed by atoms with E-state index in [1.54, 1.807) is 30.3 Å². The van der Waals surface area contributed by atoms with Gasteiger partial charge in [0.15, 0.2) is 16.6 Å². The van der Waals surface area contributed by atoms with Gasteiger partial charge in [0.2, 0.25) is 0 Å². The lowest BCUT2D eigenvalue weighted by Gasteiger charge is -2.25. The number of benzene rings is 3. The van der Waals surface area contributed by atoms with Crippen LogP contribution in [0, 0.1) is 5.82 Å². The quantitative estimate of drug-likeness (QED) is 0.191. The van der Waals surface area contributed by atoms with E-state index in [1.165, 1.54) is 42.6 Å². The summed E-state index contributed by atoms with van der Waals surface area (Å²) in [6.07, 6.45) is 0. The molecule has 4 aromatic rings. The second-order valence-electron chi connectivity index (χ2n) is 8.32. The van der Waals surface area contributed by atoms with Gasteiger partial charge in [0.05, 0.1) is 36.6 Å². The molecule has 0 aliphatic carbocycles. The molecular formula is C28H23FN2O6S. The summed E-state index contributed by atoms with van der Waals surface area (Å²) in [6, 6.07) is 14.3. The molecule has 1 aliphatic heterocycles. The Morgan fingerprint density at radius 1 is 1.08 bits per heavy atom. The number of aliphatic hydroxyl groups excluding tert-OH is 1. The van der Waals surface area contributed by atoms with E-state index < -0.39 is 29.3 Å². The van der Waals surface area contributed by atoms with Gasteiger partial charge in [-0.05, 0) is 55.5 Å². The molecule has 0 saturated carbocycles. The number of methoxy groups -OCH3 is 2. The number of hydrogen-bond acceptors (Lipinski definition) is 8. The van der Waals surface area contributed by atoms with Crippen molar-refractivity contribution in [2.24, 2.45) is 0 Å².